The molecule has 0 heterocycles. The third kappa shape index (κ3) is 4.89. The lowest BCUT2D eigenvalue weighted by molar-refractivity contribution is 0.0820. The molecular weight excluding hydrogens is 395 g/mol. The van der Waals surface area contributed by atoms with E-state index >= 15 is 0 Å². The summed E-state index contributed by atoms with van der Waals surface area (Å²) in [7, 11) is -3.77. The number of rotatable bonds is 6. The zero-order valence-corrected chi connectivity index (χ0v) is 14.9. The largest absolute Gasteiger partial charge is 0.485 e. The molecule has 2 aromatic rings. The Hall–Kier alpha value is -2.26. The minimum absolute atomic E-state index is 0.114. The van der Waals surface area contributed by atoms with Crippen LogP contribution in [0, 0.1) is 5.82 Å². The highest BCUT2D eigenvalue weighted by Gasteiger charge is 2.23. The molecule has 0 aliphatic rings. The average molecular weight is 408 g/mol. The molecule has 2 aromatic carbocycles. The molecule has 10 heteroatoms. The smallest absolute Gasteiger partial charge is 0.272 e. The van der Waals surface area contributed by atoms with Crippen LogP contribution in [-0.2, 0) is 9.84 Å². The van der Waals surface area contributed by atoms with Crippen LogP contribution in [0.3, 0.4) is 0 Å². The van der Waals surface area contributed by atoms with E-state index in [1.165, 1.54) is 18.2 Å². The summed E-state index contributed by atoms with van der Waals surface area (Å²) in [5.41, 5.74) is -0.433. The second kappa shape index (κ2) is 7.96. The summed E-state index contributed by atoms with van der Waals surface area (Å²) in [6.45, 7) is -1.01. The number of halogens is 4. The molecule has 0 fully saturated rings. The molecule has 1 N–H and O–H groups in total. The van der Waals surface area contributed by atoms with Gasteiger partial charge in [0.1, 0.15) is 18.2 Å². The second-order valence-electron chi connectivity index (χ2n) is 5.18. The van der Waals surface area contributed by atoms with Crippen molar-refractivity contribution in [1.82, 2.24) is 0 Å². The van der Waals surface area contributed by atoms with Crippen molar-refractivity contribution in [3.63, 3.8) is 0 Å². The maximum Gasteiger partial charge on any atom is 0.272 e. The van der Waals surface area contributed by atoms with Crippen molar-refractivity contribution >= 4 is 33.0 Å². The molecule has 0 unspecified atom stereocenters. The number of hydrogen-bond acceptors (Lipinski definition) is 4. The van der Waals surface area contributed by atoms with Gasteiger partial charge in [-0.3, -0.25) is 4.79 Å². The summed E-state index contributed by atoms with van der Waals surface area (Å²) < 4.78 is 66.5. The maximum atomic E-state index is 13.3. The molecule has 0 aliphatic heterocycles. The van der Waals surface area contributed by atoms with E-state index in [-0.39, 0.29) is 26.9 Å². The SMILES string of the molecule is CS(=O)(=O)c1cccc(Cl)c1C(=O)Nc1ccc(F)cc1OCC(F)F. The third-order valence-corrected chi connectivity index (χ3v) is 4.61. The van der Waals surface area contributed by atoms with Gasteiger partial charge in [0.2, 0.25) is 0 Å². The summed E-state index contributed by atoms with van der Waals surface area (Å²) in [6, 6.07) is 6.80. The average Bonchev–Trinajstić information content (AvgIpc) is 2.53. The van der Waals surface area contributed by atoms with Crippen LogP contribution >= 0.6 is 11.6 Å². The van der Waals surface area contributed by atoms with Crippen LogP contribution in [0.2, 0.25) is 5.02 Å². The van der Waals surface area contributed by atoms with Crippen molar-refractivity contribution in [3.8, 4) is 5.75 Å². The predicted octanol–water partition coefficient (Wildman–Crippen LogP) is 3.78. The molecular formula is C16H13ClF3NO4S. The van der Waals surface area contributed by atoms with Crippen molar-refractivity contribution < 1.29 is 31.1 Å². The molecule has 0 atom stereocenters. The number of carbonyl (C=O) groups excluding carboxylic acids is 1. The van der Waals surface area contributed by atoms with Gasteiger partial charge >= 0.3 is 0 Å². The zero-order chi connectivity index (χ0) is 19.5. The number of anilines is 1. The quantitative estimate of drug-likeness (QED) is 0.791. The van der Waals surface area contributed by atoms with Crippen LogP contribution in [0.4, 0.5) is 18.9 Å². The fourth-order valence-corrected chi connectivity index (χ4v) is 3.31. The summed E-state index contributed by atoms with van der Waals surface area (Å²) in [5.74, 6) is -2.00. The molecule has 0 radical (unpaired) electrons. The Labute approximate surface area is 152 Å². The van der Waals surface area contributed by atoms with E-state index < -0.39 is 34.6 Å². The normalized spacial score (nSPS) is 11.5. The number of ether oxygens (including phenoxy) is 1. The van der Waals surface area contributed by atoms with E-state index in [1.807, 2.05) is 0 Å². The lowest BCUT2D eigenvalue weighted by Gasteiger charge is -2.14. The maximum absolute atomic E-state index is 13.3. The van der Waals surface area contributed by atoms with Gasteiger partial charge in [-0.25, -0.2) is 21.6 Å². The Morgan fingerprint density at radius 1 is 1.27 bits per heavy atom. The van der Waals surface area contributed by atoms with E-state index in [1.54, 1.807) is 0 Å². The number of benzene rings is 2. The first-order chi connectivity index (χ1) is 12.1. The van der Waals surface area contributed by atoms with Crippen LogP contribution in [0.15, 0.2) is 41.3 Å². The standard InChI is InChI=1S/C16H13ClF3NO4S/c1-26(23,24)13-4-2-3-10(17)15(13)16(22)21-11-6-5-9(18)7-12(11)25-8-14(19)20/h2-7,14H,8H2,1H3,(H,21,22). The van der Waals surface area contributed by atoms with Gasteiger partial charge in [-0.2, -0.15) is 0 Å². The molecule has 0 saturated heterocycles. The molecule has 2 rings (SSSR count). The van der Waals surface area contributed by atoms with Gasteiger partial charge in [0, 0.05) is 12.3 Å². The van der Waals surface area contributed by atoms with Crippen LogP contribution < -0.4 is 10.1 Å². The Morgan fingerprint density at radius 2 is 1.96 bits per heavy atom. The molecule has 0 bridgehead atoms. The van der Waals surface area contributed by atoms with Gasteiger partial charge < -0.3 is 10.1 Å². The number of amides is 1. The minimum Gasteiger partial charge on any atom is -0.485 e. The highest BCUT2D eigenvalue weighted by atomic mass is 35.5. The topological polar surface area (TPSA) is 72.5 Å². The second-order valence-corrected chi connectivity index (χ2v) is 7.57. The van der Waals surface area contributed by atoms with Crippen molar-refractivity contribution in [2.45, 2.75) is 11.3 Å². The lowest BCUT2D eigenvalue weighted by Crippen LogP contribution is -2.18. The van der Waals surface area contributed by atoms with E-state index in [0.717, 1.165) is 24.5 Å². The molecule has 0 saturated carbocycles. The highest BCUT2D eigenvalue weighted by Crippen LogP contribution is 2.29. The van der Waals surface area contributed by atoms with E-state index in [2.05, 4.69) is 5.32 Å². The van der Waals surface area contributed by atoms with Crippen LogP contribution in [0.25, 0.3) is 0 Å². The lowest BCUT2D eigenvalue weighted by atomic mass is 10.2. The summed E-state index contributed by atoms with van der Waals surface area (Å²) in [5, 5.41) is 2.18. The molecule has 0 aromatic heterocycles. The van der Waals surface area contributed by atoms with Gasteiger partial charge in [-0.15, -0.1) is 0 Å². The summed E-state index contributed by atoms with van der Waals surface area (Å²) >= 11 is 5.95. The predicted molar refractivity (Wildman–Crippen MR) is 90.4 cm³/mol. The zero-order valence-electron chi connectivity index (χ0n) is 13.3. The Balaban J connectivity index is 2.40. The molecule has 26 heavy (non-hydrogen) atoms. The van der Waals surface area contributed by atoms with Gasteiger partial charge in [-0.1, -0.05) is 17.7 Å². The number of carbonyl (C=O) groups is 1. The van der Waals surface area contributed by atoms with Crippen LogP contribution in [0.1, 0.15) is 10.4 Å². The van der Waals surface area contributed by atoms with E-state index in [9.17, 15) is 26.4 Å². The number of alkyl halides is 2. The molecule has 0 aliphatic carbocycles. The van der Waals surface area contributed by atoms with Crippen molar-refractivity contribution in [1.29, 1.82) is 0 Å². The van der Waals surface area contributed by atoms with Gasteiger partial charge in [0.25, 0.3) is 12.3 Å². The number of hydrogen-bond donors (Lipinski definition) is 1. The first kappa shape index (κ1) is 20.1. The molecule has 5 nitrogen and oxygen atoms in total. The monoisotopic (exact) mass is 407 g/mol. The number of sulfone groups is 1. The fourth-order valence-electron chi connectivity index (χ4n) is 2.09. The summed E-state index contributed by atoms with van der Waals surface area (Å²) in [4.78, 5) is 12.2. The van der Waals surface area contributed by atoms with Gasteiger partial charge in [0.05, 0.1) is 21.2 Å². The Bertz CT molecular complexity index is 935. The van der Waals surface area contributed by atoms with E-state index in [0.29, 0.717) is 0 Å². The first-order valence-electron chi connectivity index (χ1n) is 7.10. The van der Waals surface area contributed by atoms with Crippen molar-refractivity contribution in [2.75, 3.05) is 18.2 Å². The Morgan fingerprint density at radius 3 is 2.58 bits per heavy atom. The Kier molecular flexibility index (Phi) is 6.14. The minimum atomic E-state index is -3.77. The highest BCUT2D eigenvalue weighted by molar-refractivity contribution is 7.90. The van der Waals surface area contributed by atoms with Gasteiger partial charge in [0.15, 0.2) is 9.84 Å². The molecule has 1 amide bonds. The van der Waals surface area contributed by atoms with Crippen LogP contribution in [-0.4, -0.2) is 33.6 Å². The van der Waals surface area contributed by atoms with Gasteiger partial charge in [-0.05, 0) is 24.3 Å². The number of nitrogens with one attached hydrogen (secondary N) is 1. The summed E-state index contributed by atoms with van der Waals surface area (Å²) in [6.07, 6.45) is -1.90. The molecule has 0 spiro atoms. The molecule has 140 valence electrons. The third-order valence-electron chi connectivity index (χ3n) is 3.16. The van der Waals surface area contributed by atoms with Crippen molar-refractivity contribution in [2.24, 2.45) is 0 Å². The van der Waals surface area contributed by atoms with E-state index in [4.69, 9.17) is 16.3 Å². The van der Waals surface area contributed by atoms with Crippen molar-refractivity contribution in [3.05, 3.63) is 52.8 Å². The fraction of sp³-hybridized carbons (Fsp3) is 0.188. The first-order valence-corrected chi connectivity index (χ1v) is 9.37. The van der Waals surface area contributed by atoms with Crippen LogP contribution in [0.5, 0.6) is 5.75 Å².